The van der Waals surface area contributed by atoms with E-state index >= 15 is 0 Å². The first kappa shape index (κ1) is 25.1. The summed E-state index contributed by atoms with van der Waals surface area (Å²) in [6, 6.07) is 16.7. The first-order valence-electron chi connectivity index (χ1n) is 12.6. The van der Waals surface area contributed by atoms with Crippen LogP contribution in [0.5, 0.6) is 0 Å². The molecule has 0 aliphatic carbocycles. The Balaban J connectivity index is 1.23. The summed E-state index contributed by atoms with van der Waals surface area (Å²) in [5, 5.41) is 3.49. The highest BCUT2D eigenvalue weighted by Crippen LogP contribution is 2.30. The first-order chi connectivity index (χ1) is 17.4. The highest BCUT2D eigenvalue weighted by atomic mass is 32.2. The number of rotatable bonds is 7. The predicted molar refractivity (Wildman–Crippen MR) is 143 cm³/mol. The lowest BCUT2D eigenvalue weighted by Gasteiger charge is -2.34. The number of thiazole rings is 1. The number of benzene rings is 2. The van der Waals surface area contributed by atoms with Crippen molar-refractivity contribution in [1.29, 1.82) is 0 Å². The Bertz CT molecular complexity index is 1310. The molecule has 1 fully saturated rings. The molecule has 1 aromatic heterocycles. The van der Waals surface area contributed by atoms with Gasteiger partial charge in [0.15, 0.2) is 5.13 Å². The van der Waals surface area contributed by atoms with Crippen molar-refractivity contribution >= 4 is 32.4 Å². The topological polar surface area (TPSA) is 82.6 Å². The number of nitrogens with one attached hydrogen (secondary N) is 1. The second kappa shape index (κ2) is 10.8. The Morgan fingerprint density at radius 1 is 1.08 bits per heavy atom. The number of carbonyl (C=O) groups is 1. The van der Waals surface area contributed by atoms with Gasteiger partial charge in [-0.25, -0.2) is 13.4 Å². The molecule has 2 aromatic carbocycles. The number of piperidine rings is 1. The monoisotopic (exact) mass is 524 g/mol. The highest BCUT2D eigenvalue weighted by Gasteiger charge is 2.32. The third-order valence-electron chi connectivity index (χ3n) is 7.05. The van der Waals surface area contributed by atoms with Gasteiger partial charge in [0, 0.05) is 49.1 Å². The van der Waals surface area contributed by atoms with Gasteiger partial charge in [0.05, 0.1) is 10.6 Å². The molecule has 1 N–H and O–H groups in total. The molecule has 3 aromatic rings. The zero-order chi connectivity index (χ0) is 25.1. The van der Waals surface area contributed by atoms with Gasteiger partial charge in [0.2, 0.25) is 10.0 Å². The van der Waals surface area contributed by atoms with Gasteiger partial charge in [-0.15, -0.1) is 11.3 Å². The normalized spacial score (nSPS) is 19.1. The maximum Gasteiger partial charge on any atom is 0.257 e. The number of hydrogen-bond acceptors (Lipinski definition) is 6. The van der Waals surface area contributed by atoms with E-state index in [9.17, 15) is 13.2 Å². The fourth-order valence-corrected chi connectivity index (χ4v) is 7.87. The maximum absolute atomic E-state index is 13.2. The Kier molecular flexibility index (Phi) is 7.52. The summed E-state index contributed by atoms with van der Waals surface area (Å²) in [5.41, 5.74) is 2.75. The van der Waals surface area contributed by atoms with Crippen molar-refractivity contribution in [3.63, 3.8) is 0 Å². The molecule has 0 saturated carbocycles. The number of nitrogens with zero attached hydrogens (tertiary/aromatic N) is 3. The van der Waals surface area contributed by atoms with Gasteiger partial charge in [0.1, 0.15) is 0 Å². The number of aromatic nitrogens is 1. The molecule has 0 radical (unpaired) electrons. The van der Waals surface area contributed by atoms with E-state index in [-0.39, 0.29) is 16.8 Å². The smallest absolute Gasteiger partial charge is 0.257 e. The van der Waals surface area contributed by atoms with Crippen LogP contribution >= 0.6 is 11.3 Å². The molecule has 1 amide bonds. The quantitative estimate of drug-likeness (QED) is 0.475. The largest absolute Gasteiger partial charge is 0.298 e. The Hall–Kier alpha value is -2.59. The van der Waals surface area contributed by atoms with Gasteiger partial charge in [-0.2, -0.15) is 4.31 Å². The van der Waals surface area contributed by atoms with Crippen molar-refractivity contribution in [2.24, 2.45) is 0 Å². The van der Waals surface area contributed by atoms with Crippen molar-refractivity contribution in [3.05, 3.63) is 76.3 Å². The van der Waals surface area contributed by atoms with Gasteiger partial charge in [0.25, 0.3) is 5.91 Å². The van der Waals surface area contributed by atoms with Gasteiger partial charge in [-0.1, -0.05) is 43.7 Å². The SMILES string of the molecule is CCC1CCCCN1S(=O)(=O)c1ccc(C(=O)Nc2nc3c(s2)CN(Cc2ccccc2)CC3)cc1. The van der Waals surface area contributed by atoms with E-state index in [0.717, 1.165) is 57.4 Å². The number of sulfonamides is 1. The van der Waals surface area contributed by atoms with Crippen LogP contribution in [0.1, 0.15) is 59.1 Å². The summed E-state index contributed by atoms with van der Waals surface area (Å²) >= 11 is 1.51. The molecule has 36 heavy (non-hydrogen) atoms. The molecule has 0 spiro atoms. The summed E-state index contributed by atoms with van der Waals surface area (Å²) in [4.78, 5) is 21.3. The molecule has 2 aliphatic rings. The fourth-order valence-electron chi connectivity index (χ4n) is 5.06. The molecule has 190 valence electrons. The van der Waals surface area contributed by atoms with Crippen LogP contribution in [0, 0.1) is 0 Å². The highest BCUT2D eigenvalue weighted by molar-refractivity contribution is 7.89. The van der Waals surface area contributed by atoms with Crippen LogP contribution in [0.25, 0.3) is 0 Å². The lowest BCUT2D eigenvalue weighted by atomic mass is 10.0. The second-order valence-electron chi connectivity index (χ2n) is 9.49. The average Bonchev–Trinajstić information content (AvgIpc) is 3.30. The second-order valence-corrected chi connectivity index (χ2v) is 12.5. The van der Waals surface area contributed by atoms with E-state index in [1.807, 2.05) is 13.0 Å². The average molecular weight is 525 g/mol. The van der Waals surface area contributed by atoms with Gasteiger partial charge in [-0.05, 0) is 49.1 Å². The van der Waals surface area contributed by atoms with E-state index in [0.29, 0.717) is 17.2 Å². The molecule has 1 atom stereocenters. The third kappa shape index (κ3) is 5.39. The van der Waals surface area contributed by atoms with Gasteiger partial charge in [-0.3, -0.25) is 15.0 Å². The fraction of sp³-hybridized carbons (Fsp3) is 0.407. The lowest BCUT2D eigenvalue weighted by molar-refractivity contribution is 0.102. The van der Waals surface area contributed by atoms with Crippen molar-refractivity contribution in [2.45, 2.75) is 63.1 Å². The molecular formula is C27H32N4O3S2. The Labute approximate surface area is 217 Å². The minimum atomic E-state index is -3.57. The summed E-state index contributed by atoms with van der Waals surface area (Å²) in [6.45, 7) is 5.24. The van der Waals surface area contributed by atoms with Crippen LogP contribution in [-0.2, 0) is 29.5 Å². The summed E-state index contributed by atoms with van der Waals surface area (Å²) in [6.07, 6.45) is 4.52. The number of hydrogen-bond donors (Lipinski definition) is 1. The lowest BCUT2D eigenvalue weighted by Crippen LogP contribution is -2.43. The Morgan fingerprint density at radius 2 is 1.86 bits per heavy atom. The maximum atomic E-state index is 13.2. The van der Waals surface area contributed by atoms with Crippen molar-refractivity contribution in [1.82, 2.24) is 14.2 Å². The van der Waals surface area contributed by atoms with Gasteiger partial charge >= 0.3 is 0 Å². The molecule has 3 heterocycles. The van der Waals surface area contributed by atoms with Crippen LogP contribution < -0.4 is 5.32 Å². The van der Waals surface area contributed by atoms with Crippen LogP contribution in [-0.4, -0.2) is 47.6 Å². The summed E-state index contributed by atoms with van der Waals surface area (Å²) in [5.74, 6) is -0.282. The number of amides is 1. The van der Waals surface area contributed by atoms with Crippen LogP contribution in [0.15, 0.2) is 59.5 Å². The van der Waals surface area contributed by atoms with Crippen LogP contribution in [0.3, 0.4) is 0 Å². The number of anilines is 1. The molecule has 2 aliphatic heterocycles. The van der Waals surface area contributed by atoms with Crippen molar-refractivity contribution < 1.29 is 13.2 Å². The minimum absolute atomic E-state index is 0.0475. The van der Waals surface area contributed by atoms with Crippen molar-refractivity contribution in [2.75, 3.05) is 18.4 Å². The van der Waals surface area contributed by atoms with E-state index in [1.54, 1.807) is 28.6 Å². The van der Waals surface area contributed by atoms with Crippen molar-refractivity contribution in [3.8, 4) is 0 Å². The molecule has 5 rings (SSSR count). The molecular weight excluding hydrogens is 492 g/mol. The molecule has 1 saturated heterocycles. The standard InChI is InChI=1S/C27H32N4O3S2/c1-2-22-10-6-7-16-31(22)36(33,34)23-13-11-21(12-14-23)26(32)29-27-28-24-15-17-30(19-25(24)35-27)18-20-8-4-3-5-9-20/h3-5,8-9,11-14,22H,2,6-7,10,15-19H2,1H3,(H,28,29,32). The van der Waals surface area contributed by atoms with E-state index < -0.39 is 10.0 Å². The van der Waals surface area contributed by atoms with Crippen LogP contribution in [0.4, 0.5) is 5.13 Å². The van der Waals surface area contributed by atoms with Crippen LogP contribution in [0.2, 0.25) is 0 Å². The zero-order valence-electron chi connectivity index (χ0n) is 20.5. The molecule has 7 nitrogen and oxygen atoms in total. The third-order valence-corrected chi connectivity index (χ3v) is 10.0. The predicted octanol–water partition coefficient (Wildman–Crippen LogP) is 4.91. The number of fused-ring (bicyclic) bond motifs is 1. The summed E-state index contributed by atoms with van der Waals surface area (Å²) in [7, 11) is -3.57. The first-order valence-corrected chi connectivity index (χ1v) is 14.9. The molecule has 9 heteroatoms. The Morgan fingerprint density at radius 3 is 2.61 bits per heavy atom. The van der Waals surface area contributed by atoms with E-state index in [2.05, 4.69) is 39.5 Å². The van der Waals surface area contributed by atoms with Gasteiger partial charge < -0.3 is 0 Å². The minimum Gasteiger partial charge on any atom is -0.298 e. The van der Waals surface area contributed by atoms with E-state index in [1.165, 1.54) is 21.8 Å². The molecule has 1 unspecified atom stereocenters. The van der Waals surface area contributed by atoms with E-state index in [4.69, 9.17) is 0 Å². The molecule has 0 bridgehead atoms. The summed E-state index contributed by atoms with van der Waals surface area (Å²) < 4.78 is 28.0. The zero-order valence-corrected chi connectivity index (χ0v) is 22.2. The number of carbonyl (C=O) groups excluding carboxylic acids is 1.